The number of nitrogens with two attached hydrogens (primary N) is 1. The molecule has 3 N–H and O–H groups in total. The van der Waals surface area contributed by atoms with E-state index in [2.05, 4.69) is 10.4 Å². The summed E-state index contributed by atoms with van der Waals surface area (Å²) in [5.74, 6) is -0.159. The molecule has 98 valence electrons. The Morgan fingerprint density at radius 2 is 2.17 bits per heavy atom. The molecular weight excluding hydrogens is 248 g/mol. The van der Waals surface area contributed by atoms with E-state index in [0.717, 1.165) is 31.4 Å². The summed E-state index contributed by atoms with van der Waals surface area (Å²) in [6.45, 7) is 1.86. The van der Waals surface area contributed by atoms with Crippen LogP contribution < -0.4 is 11.1 Å². The molecule has 1 heterocycles. The number of carbonyl (C=O) groups is 1. The average molecular weight is 266 g/mol. The molecule has 1 amide bonds. The first-order chi connectivity index (χ1) is 8.44. The van der Waals surface area contributed by atoms with Crippen molar-refractivity contribution in [3.8, 4) is 0 Å². The van der Waals surface area contributed by atoms with Crippen LogP contribution in [0.3, 0.4) is 0 Å². The maximum Gasteiger partial charge on any atom is 0.270 e. The molecule has 0 bridgehead atoms. The van der Waals surface area contributed by atoms with Crippen molar-refractivity contribution in [1.29, 1.82) is 0 Å². The standard InChI is InChI=1S/C12H18N4OS/c1-8-7-9(16(2)15-8)10(17)14-12(11(13)18)5-3-4-6-12/h7H,3-6H2,1-2H3,(H2,13,18)(H,14,17). The second-order valence-electron chi connectivity index (χ2n) is 4.90. The van der Waals surface area contributed by atoms with Crippen LogP contribution in [-0.4, -0.2) is 26.2 Å². The molecular formula is C12H18N4OS. The first-order valence-corrected chi connectivity index (χ1v) is 6.48. The maximum atomic E-state index is 12.3. The minimum Gasteiger partial charge on any atom is -0.391 e. The van der Waals surface area contributed by atoms with Crippen molar-refractivity contribution in [2.24, 2.45) is 12.8 Å². The van der Waals surface area contributed by atoms with E-state index in [0.29, 0.717) is 10.7 Å². The van der Waals surface area contributed by atoms with Gasteiger partial charge in [0.15, 0.2) is 0 Å². The monoisotopic (exact) mass is 266 g/mol. The Morgan fingerprint density at radius 3 is 2.61 bits per heavy atom. The predicted molar refractivity (Wildman–Crippen MR) is 73.4 cm³/mol. The van der Waals surface area contributed by atoms with Gasteiger partial charge in [-0.15, -0.1) is 0 Å². The minimum atomic E-state index is -0.509. The fraction of sp³-hybridized carbons (Fsp3) is 0.583. The summed E-state index contributed by atoms with van der Waals surface area (Å²) in [6, 6.07) is 1.76. The number of carbonyl (C=O) groups excluding carboxylic acids is 1. The summed E-state index contributed by atoms with van der Waals surface area (Å²) in [4.78, 5) is 12.6. The van der Waals surface area contributed by atoms with Crippen molar-refractivity contribution in [2.75, 3.05) is 0 Å². The van der Waals surface area contributed by atoms with Gasteiger partial charge in [-0.1, -0.05) is 25.1 Å². The lowest BCUT2D eigenvalue weighted by atomic mass is 9.97. The van der Waals surface area contributed by atoms with Gasteiger partial charge < -0.3 is 11.1 Å². The van der Waals surface area contributed by atoms with Crippen molar-refractivity contribution >= 4 is 23.1 Å². The largest absolute Gasteiger partial charge is 0.391 e. The lowest BCUT2D eigenvalue weighted by Gasteiger charge is -2.28. The molecule has 6 heteroatoms. The number of rotatable bonds is 3. The number of aromatic nitrogens is 2. The fourth-order valence-electron chi connectivity index (χ4n) is 2.52. The van der Waals surface area contributed by atoms with Crippen LogP contribution in [0.2, 0.25) is 0 Å². The molecule has 0 aliphatic heterocycles. The Labute approximate surface area is 112 Å². The molecule has 0 unspecified atom stereocenters. The van der Waals surface area contributed by atoms with E-state index in [4.69, 9.17) is 18.0 Å². The zero-order valence-corrected chi connectivity index (χ0v) is 11.5. The molecule has 1 aliphatic rings. The van der Waals surface area contributed by atoms with Gasteiger partial charge in [-0.2, -0.15) is 5.10 Å². The third-order valence-corrected chi connectivity index (χ3v) is 3.91. The Morgan fingerprint density at radius 1 is 1.56 bits per heavy atom. The smallest absolute Gasteiger partial charge is 0.270 e. The summed E-state index contributed by atoms with van der Waals surface area (Å²) in [5.41, 5.74) is 6.64. The van der Waals surface area contributed by atoms with Gasteiger partial charge in [0.2, 0.25) is 0 Å². The molecule has 1 saturated carbocycles. The quantitative estimate of drug-likeness (QED) is 0.802. The van der Waals surface area contributed by atoms with Gasteiger partial charge >= 0.3 is 0 Å². The van der Waals surface area contributed by atoms with Crippen molar-refractivity contribution < 1.29 is 4.79 Å². The summed E-state index contributed by atoms with van der Waals surface area (Å²) in [5, 5.41) is 7.16. The number of aryl methyl sites for hydroxylation is 2. The molecule has 18 heavy (non-hydrogen) atoms. The van der Waals surface area contributed by atoms with Crippen molar-refractivity contribution in [3.05, 3.63) is 17.5 Å². The zero-order chi connectivity index (χ0) is 13.3. The fourth-order valence-corrected chi connectivity index (χ4v) is 2.77. The highest BCUT2D eigenvalue weighted by Crippen LogP contribution is 2.30. The Hall–Kier alpha value is -1.43. The number of hydrogen-bond acceptors (Lipinski definition) is 3. The van der Waals surface area contributed by atoms with Crippen LogP contribution in [-0.2, 0) is 7.05 Å². The first-order valence-electron chi connectivity index (χ1n) is 6.08. The molecule has 5 nitrogen and oxygen atoms in total. The lowest BCUT2D eigenvalue weighted by molar-refractivity contribution is 0.0915. The van der Waals surface area contributed by atoms with E-state index >= 15 is 0 Å². The summed E-state index contributed by atoms with van der Waals surface area (Å²) < 4.78 is 1.58. The summed E-state index contributed by atoms with van der Waals surface area (Å²) >= 11 is 5.11. The van der Waals surface area contributed by atoms with Crippen LogP contribution in [0.1, 0.15) is 41.9 Å². The van der Waals surface area contributed by atoms with Crippen LogP contribution in [0.25, 0.3) is 0 Å². The van der Waals surface area contributed by atoms with Crippen LogP contribution in [0.4, 0.5) is 0 Å². The van der Waals surface area contributed by atoms with E-state index < -0.39 is 5.54 Å². The molecule has 2 rings (SSSR count). The third-order valence-electron chi connectivity index (χ3n) is 3.52. The average Bonchev–Trinajstić information content (AvgIpc) is 2.86. The van der Waals surface area contributed by atoms with Gasteiger partial charge in [-0.05, 0) is 25.8 Å². The maximum absolute atomic E-state index is 12.3. The van der Waals surface area contributed by atoms with Gasteiger partial charge in [0.1, 0.15) is 5.69 Å². The summed E-state index contributed by atoms with van der Waals surface area (Å²) in [6.07, 6.45) is 3.74. The van der Waals surface area contributed by atoms with Gasteiger partial charge in [0.25, 0.3) is 5.91 Å². The molecule has 1 fully saturated rings. The van der Waals surface area contributed by atoms with Crippen molar-refractivity contribution in [1.82, 2.24) is 15.1 Å². The molecule has 0 spiro atoms. The second-order valence-corrected chi connectivity index (χ2v) is 5.34. The van der Waals surface area contributed by atoms with E-state index in [-0.39, 0.29) is 5.91 Å². The summed E-state index contributed by atoms with van der Waals surface area (Å²) in [7, 11) is 1.75. The number of nitrogens with zero attached hydrogens (tertiary/aromatic N) is 2. The third kappa shape index (κ3) is 2.25. The molecule has 0 atom stereocenters. The molecule has 0 radical (unpaired) electrons. The van der Waals surface area contributed by atoms with Crippen LogP contribution >= 0.6 is 12.2 Å². The molecule has 1 aromatic rings. The van der Waals surface area contributed by atoms with Gasteiger partial charge in [-0.25, -0.2) is 0 Å². The van der Waals surface area contributed by atoms with Crippen LogP contribution in [0.15, 0.2) is 6.07 Å². The van der Waals surface area contributed by atoms with Crippen molar-refractivity contribution in [2.45, 2.75) is 38.1 Å². The van der Waals surface area contributed by atoms with Gasteiger partial charge in [0.05, 0.1) is 16.2 Å². The Kier molecular flexibility index (Phi) is 3.38. The topological polar surface area (TPSA) is 72.9 Å². The molecule has 0 saturated heterocycles. The molecule has 0 aromatic carbocycles. The van der Waals surface area contributed by atoms with E-state index in [9.17, 15) is 4.79 Å². The normalized spacial score (nSPS) is 17.7. The van der Waals surface area contributed by atoms with E-state index in [1.807, 2.05) is 6.92 Å². The minimum absolute atomic E-state index is 0.159. The predicted octanol–water partition coefficient (Wildman–Crippen LogP) is 1.06. The number of amides is 1. The van der Waals surface area contributed by atoms with E-state index in [1.165, 1.54) is 0 Å². The van der Waals surface area contributed by atoms with Crippen molar-refractivity contribution in [3.63, 3.8) is 0 Å². The molecule has 1 aromatic heterocycles. The Balaban J connectivity index is 2.20. The van der Waals surface area contributed by atoms with E-state index in [1.54, 1.807) is 17.8 Å². The number of thiocarbonyl (C=S) groups is 1. The molecule has 1 aliphatic carbocycles. The van der Waals surface area contributed by atoms with Crippen LogP contribution in [0, 0.1) is 6.92 Å². The number of nitrogens with one attached hydrogen (secondary N) is 1. The Bertz CT molecular complexity index is 488. The first kappa shape index (κ1) is 13.0. The second kappa shape index (κ2) is 4.68. The highest BCUT2D eigenvalue weighted by Gasteiger charge is 2.38. The van der Waals surface area contributed by atoms with Gasteiger partial charge in [-0.3, -0.25) is 9.48 Å². The lowest BCUT2D eigenvalue weighted by Crippen LogP contribution is -2.55. The highest BCUT2D eigenvalue weighted by atomic mass is 32.1. The highest BCUT2D eigenvalue weighted by molar-refractivity contribution is 7.80. The van der Waals surface area contributed by atoms with Crippen LogP contribution in [0.5, 0.6) is 0 Å². The number of hydrogen-bond donors (Lipinski definition) is 2. The zero-order valence-electron chi connectivity index (χ0n) is 10.7. The SMILES string of the molecule is Cc1cc(C(=O)NC2(C(N)=S)CCCC2)n(C)n1. The van der Waals surface area contributed by atoms with Gasteiger partial charge in [0, 0.05) is 7.05 Å².